The summed E-state index contributed by atoms with van der Waals surface area (Å²) in [6.07, 6.45) is 3.42. The summed E-state index contributed by atoms with van der Waals surface area (Å²) in [4.78, 5) is 3.98. The number of halogens is 2. The Kier molecular flexibility index (Phi) is 4.22. The monoisotopic (exact) mass is 326 g/mol. The maximum Gasteiger partial charge on any atom is 0.138 e. The van der Waals surface area contributed by atoms with Gasteiger partial charge in [0.15, 0.2) is 0 Å². The van der Waals surface area contributed by atoms with Crippen LogP contribution in [-0.2, 0) is 0 Å². The van der Waals surface area contributed by atoms with Crippen LogP contribution in [0.5, 0.6) is 5.75 Å². The van der Waals surface area contributed by atoms with Gasteiger partial charge in [0.2, 0.25) is 0 Å². The molecule has 1 unspecified atom stereocenters. The Morgan fingerprint density at radius 1 is 1.33 bits per heavy atom. The van der Waals surface area contributed by atoms with Gasteiger partial charge in [-0.25, -0.2) is 0 Å². The van der Waals surface area contributed by atoms with Crippen molar-refractivity contribution in [2.24, 2.45) is 5.73 Å². The molecule has 0 spiro atoms. The Labute approximate surface area is 119 Å². The fraction of sp³-hybridized carbons (Fsp3) is 0.154. The van der Waals surface area contributed by atoms with Gasteiger partial charge in [-0.3, -0.25) is 4.98 Å². The van der Waals surface area contributed by atoms with Crippen LogP contribution in [0, 0.1) is 0 Å². The highest BCUT2D eigenvalue weighted by Crippen LogP contribution is 2.37. The van der Waals surface area contributed by atoms with Gasteiger partial charge in [-0.1, -0.05) is 11.6 Å². The number of aromatic nitrogens is 1. The SMILES string of the molecule is COc1c(Br)cc(Cl)cc1C(N)c1ccncc1. The van der Waals surface area contributed by atoms with Crippen LogP contribution in [0.2, 0.25) is 5.02 Å². The highest BCUT2D eigenvalue weighted by molar-refractivity contribution is 9.10. The van der Waals surface area contributed by atoms with Crippen LogP contribution in [0.3, 0.4) is 0 Å². The number of pyridine rings is 1. The maximum atomic E-state index is 6.24. The molecule has 1 aromatic carbocycles. The summed E-state index contributed by atoms with van der Waals surface area (Å²) >= 11 is 9.48. The number of hydrogen-bond acceptors (Lipinski definition) is 3. The van der Waals surface area contributed by atoms with Crippen LogP contribution in [0.1, 0.15) is 17.2 Å². The van der Waals surface area contributed by atoms with Gasteiger partial charge in [0, 0.05) is 23.0 Å². The number of nitrogens with zero attached hydrogens (tertiary/aromatic N) is 1. The molecule has 0 fully saturated rings. The molecule has 0 aliphatic rings. The highest BCUT2D eigenvalue weighted by atomic mass is 79.9. The van der Waals surface area contributed by atoms with Crippen LogP contribution in [0.25, 0.3) is 0 Å². The van der Waals surface area contributed by atoms with Crippen LogP contribution < -0.4 is 10.5 Å². The first-order chi connectivity index (χ1) is 8.63. The van der Waals surface area contributed by atoms with E-state index in [9.17, 15) is 0 Å². The largest absolute Gasteiger partial charge is 0.495 e. The number of nitrogens with two attached hydrogens (primary N) is 1. The topological polar surface area (TPSA) is 48.1 Å². The maximum absolute atomic E-state index is 6.24. The molecule has 1 heterocycles. The van der Waals surface area contributed by atoms with Gasteiger partial charge < -0.3 is 10.5 Å². The van der Waals surface area contributed by atoms with Crippen molar-refractivity contribution in [3.05, 3.63) is 57.3 Å². The Morgan fingerprint density at radius 2 is 2.00 bits per heavy atom. The number of methoxy groups -OCH3 is 1. The molecule has 94 valence electrons. The molecule has 1 atom stereocenters. The summed E-state index contributed by atoms with van der Waals surface area (Å²) in [5.74, 6) is 0.698. The van der Waals surface area contributed by atoms with Gasteiger partial charge in [0.1, 0.15) is 5.75 Å². The van der Waals surface area contributed by atoms with E-state index < -0.39 is 0 Å². The third-order valence-electron chi connectivity index (χ3n) is 2.64. The highest BCUT2D eigenvalue weighted by Gasteiger charge is 2.17. The molecular formula is C13H12BrClN2O. The van der Waals surface area contributed by atoms with E-state index in [1.165, 1.54) is 0 Å². The third-order valence-corrected chi connectivity index (χ3v) is 3.45. The van der Waals surface area contributed by atoms with Gasteiger partial charge in [-0.05, 0) is 45.8 Å². The predicted octanol–water partition coefficient (Wildman–Crippen LogP) is 3.55. The molecule has 2 aromatic rings. The van der Waals surface area contributed by atoms with Crippen LogP contribution in [-0.4, -0.2) is 12.1 Å². The minimum absolute atomic E-state index is 0.307. The molecule has 0 radical (unpaired) electrons. The van der Waals surface area contributed by atoms with E-state index in [-0.39, 0.29) is 6.04 Å². The second kappa shape index (κ2) is 5.69. The summed E-state index contributed by atoms with van der Waals surface area (Å²) in [5.41, 5.74) is 8.04. The van der Waals surface area contributed by atoms with Crippen molar-refractivity contribution >= 4 is 27.5 Å². The smallest absolute Gasteiger partial charge is 0.138 e. The van der Waals surface area contributed by atoms with E-state index in [0.717, 1.165) is 15.6 Å². The first-order valence-electron chi connectivity index (χ1n) is 5.32. The lowest BCUT2D eigenvalue weighted by atomic mass is 10.00. The Hall–Kier alpha value is -1.10. The van der Waals surface area contributed by atoms with Crippen molar-refractivity contribution in [2.75, 3.05) is 7.11 Å². The third kappa shape index (κ3) is 2.66. The molecule has 5 heteroatoms. The van der Waals surface area contributed by atoms with Crippen LogP contribution in [0.4, 0.5) is 0 Å². The van der Waals surface area contributed by atoms with Crippen molar-refractivity contribution in [1.82, 2.24) is 4.98 Å². The molecule has 2 rings (SSSR count). The fourth-order valence-corrected chi connectivity index (χ4v) is 2.77. The average molecular weight is 328 g/mol. The van der Waals surface area contributed by atoms with Gasteiger partial charge in [-0.15, -0.1) is 0 Å². The zero-order valence-corrected chi connectivity index (χ0v) is 12.1. The summed E-state index contributed by atoms with van der Waals surface area (Å²) in [5, 5.41) is 0.613. The lowest BCUT2D eigenvalue weighted by molar-refractivity contribution is 0.405. The van der Waals surface area contributed by atoms with Crippen molar-refractivity contribution < 1.29 is 4.74 Å². The second-order valence-corrected chi connectivity index (χ2v) is 5.06. The number of rotatable bonds is 3. The van der Waals surface area contributed by atoms with Crippen molar-refractivity contribution in [3.8, 4) is 5.75 Å². The Balaban J connectivity index is 2.50. The van der Waals surface area contributed by atoms with Gasteiger partial charge in [-0.2, -0.15) is 0 Å². The fourth-order valence-electron chi connectivity index (χ4n) is 1.78. The van der Waals surface area contributed by atoms with E-state index in [1.807, 2.05) is 18.2 Å². The first-order valence-corrected chi connectivity index (χ1v) is 6.49. The molecule has 18 heavy (non-hydrogen) atoms. The van der Waals surface area contributed by atoms with Gasteiger partial charge in [0.05, 0.1) is 17.6 Å². The minimum atomic E-state index is -0.307. The lowest BCUT2D eigenvalue weighted by Crippen LogP contribution is -2.13. The Bertz CT molecular complexity index is 548. The normalized spacial score (nSPS) is 12.2. The van der Waals surface area contributed by atoms with Gasteiger partial charge >= 0.3 is 0 Å². The van der Waals surface area contributed by atoms with E-state index in [0.29, 0.717) is 10.8 Å². The minimum Gasteiger partial charge on any atom is -0.495 e. The molecule has 0 aliphatic carbocycles. The molecule has 0 saturated heterocycles. The summed E-state index contributed by atoms with van der Waals surface area (Å²) < 4.78 is 6.16. The molecule has 0 saturated carbocycles. The molecular weight excluding hydrogens is 316 g/mol. The molecule has 0 amide bonds. The average Bonchev–Trinajstić information content (AvgIpc) is 2.38. The number of benzene rings is 1. The number of hydrogen-bond donors (Lipinski definition) is 1. The number of ether oxygens (including phenoxy) is 1. The lowest BCUT2D eigenvalue weighted by Gasteiger charge is -2.17. The Morgan fingerprint density at radius 3 is 2.61 bits per heavy atom. The first kappa shape index (κ1) is 13.3. The van der Waals surface area contributed by atoms with E-state index in [1.54, 1.807) is 25.6 Å². The van der Waals surface area contributed by atoms with E-state index in [2.05, 4.69) is 20.9 Å². The zero-order chi connectivity index (χ0) is 13.1. The standard InChI is InChI=1S/C13H12BrClN2O/c1-18-13-10(6-9(15)7-11(13)14)12(16)8-2-4-17-5-3-8/h2-7,12H,16H2,1H3. The molecule has 3 nitrogen and oxygen atoms in total. The van der Waals surface area contributed by atoms with E-state index >= 15 is 0 Å². The van der Waals surface area contributed by atoms with Crippen LogP contribution in [0.15, 0.2) is 41.1 Å². The second-order valence-electron chi connectivity index (χ2n) is 3.77. The molecule has 0 aliphatic heterocycles. The van der Waals surface area contributed by atoms with Crippen molar-refractivity contribution in [2.45, 2.75) is 6.04 Å². The van der Waals surface area contributed by atoms with Crippen molar-refractivity contribution in [1.29, 1.82) is 0 Å². The summed E-state index contributed by atoms with van der Waals surface area (Å²) in [6.45, 7) is 0. The predicted molar refractivity (Wildman–Crippen MR) is 76.0 cm³/mol. The quantitative estimate of drug-likeness (QED) is 0.938. The van der Waals surface area contributed by atoms with Gasteiger partial charge in [0.25, 0.3) is 0 Å². The van der Waals surface area contributed by atoms with Crippen molar-refractivity contribution in [3.63, 3.8) is 0 Å². The molecule has 1 aromatic heterocycles. The molecule has 0 bridgehead atoms. The summed E-state index contributed by atoms with van der Waals surface area (Å²) in [6, 6.07) is 7.04. The molecule has 2 N–H and O–H groups in total. The zero-order valence-electron chi connectivity index (χ0n) is 9.73. The van der Waals surface area contributed by atoms with E-state index in [4.69, 9.17) is 22.1 Å². The van der Waals surface area contributed by atoms with Crippen LogP contribution >= 0.6 is 27.5 Å². The summed E-state index contributed by atoms with van der Waals surface area (Å²) in [7, 11) is 1.61.